The van der Waals surface area contributed by atoms with Crippen LogP contribution in [0.25, 0.3) is 0 Å². The normalized spacial score (nSPS) is 18.7. The summed E-state index contributed by atoms with van der Waals surface area (Å²) in [4.78, 5) is 34.1. The number of likely N-dealkylation sites (N-methyl/N-ethyl adjacent to an activating group) is 1. The van der Waals surface area contributed by atoms with E-state index >= 15 is 0 Å². The standard InChI is InChI=1S/C8H10N2O4/c1-3-14-6(11)4-5-7(12)9-8(13)10(5)2/h4H,3H2,1-2H3,(H,9,12,13)/b5-4+. The van der Waals surface area contributed by atoms with Crippen molar-refractivity contribution in [3.05, 3.63) is 11.8 Å². The summed E-state index contributed by atoms with van der Waals surface area (Å²) in [6.45, 7) is 1.88. The van der Waals surface area contributed by atoms with Gasteiger partial charge in [0.1, 0.15) is 5.70 Å². The molecule has 76 valence electrons. The Hall–Kier alpha value is -1.85. The molecule has 1 heterocycles. The van der Waals surface area contributed by atoms with Gasteiger partial charge in [-0.05, 0) is 6.92 Å². The van der Waals surface area contributed by atoms with Gasteiger partial charge >= 0.3 is 12.0 Å². The summed E-state index contributed by atoms with van der Waals surface area (Å²) < 4.78 is 4.60. The molecule has 6 heteroatoms. The fourth-order valence-corrected chi connectivity index (χ4v) is 0.965. The zero-order valence-corrected chi connectivity index (χ0v) is 7.86. The second-order valence-electron chi connectivity index (χ2n) is 2.60. The van der Waals surface area contributed by atoms with E-state index in [1.807, 2.05) is 5.32 Å². The van der Waals surface area contributed by atoms with Crippen LogP contribution in [-0.4, -0.2) is 36.5 Å². The minimum absolute atomic E-state index is 0.00606. The van der Waals surface area contributed by atoms with Crippen molar-refractivity contribution in [2.24, 2.45) is 0 Å². The molecule has 6 nitrogen and oxygen atoms in total. The van der Waals surface area contributed by atoms with Crippen molar-refractivity contribution in [1.29, 1.82) is 0 Å². The number of carbonyl (C=O) groups excluding carboxylic acids is 3. The number of rotatable bonds is 2. The van der Waals surface area contributed by atoms with Crippen LogP contribution in [-0.2, 0) is 14.3 Å². The van der Waals surface area contributed by atoms with E-state index in [1.165, 1.54) is 7.05 Å². The fraction of sp³-hybridized carbons (Fsp3) is 0.375. The highest BCUT2D eigenvalue weighted by atomic mass is 16.5. The number of ether oxygens (including phenoxy) is 1. The van der Waals surface area contributed by atoms with Crippen LogP contribution in [0.15, 0.2) is 11.8 Å². The summed E-state index contributed by atoms with van der Waals surface area (Å²) in [6, 6.07) is -0.550. The van der Waals surface area contributed by atoms with Crippen LogP contribution in [0.2, 0.25) is 0 Å². The Morgan fingerprint density at radius 1 is 1.57 bits per heavy atom. The lowest BCUT2D eigenvalue weighted by molar-refractivity contribution is -0.137. The molecule has 1 aliphatic rings. The molecule has 0 radical (unpaired) electrons. The zero-order valence-electron chi connectivity index (χ0n) is 7.86. The van der Waals surface area contributed by atoms with Gasteiger partial charge in [0, 0.05) is 7.05 Å². The number of amides is 3. The zero-order chi connectivity index (χ0) is 10.7. The first-order valence-electron chi connectivity index (χ1n) is 4.03. The molecule has 0 atom stereocenters. The van der Waals surface area contributed by atoms with Crippen LogP contribution < -0.4 is 5.32 Å². The van der Waals surface area contributed by atoms with Crippen molar-refractivity contribution in [1.82, 2.24) is 10.2 Å². The van der Waals surface area contributed by atoms with Crippen molar-refractivity contribution in [2.45, 2.75) is 6.92 Å². The van der Waals surface area contributed by atoms with Crippen molar-refractivity contribution in [3.8, 4) is 0 Å². The first kappa shape index (κ1) is 10.2. The number of nitrogens with one attached hydrogen (secondary N) is 1. The van der Waals surface area contributed by atoms with Gasteiger partial charge in [-0.1, -0.05) is 0 Å². The Balaban J connectivity index is 2.81. The number of urea groups is 1. The molecule has 0 aromatic heterocycles. The maximum absolute atomic E-state index is 11.1. The van der Waals surface area contributed by atoms with Gasteiger partial charge in [-0.3, -0.25) is 15.0 Å². The molecular formula is C8H10N2O4. The van der Waals surface area contributed by atoms with Gasteiger partial charge in [0.05, 0.1) is 12.7 Å². The number of nitrogens with zero attached hydrogens (tertiary/aromatic N) is 1. The molecule has 1 fully saturated rings. The largest absolute Gasteiger partial charge is 0.463 e. The van der Waals surface area contributed by atoms with Crippen molar-refractivity contribution in [3.63, 3.8) is 0 Å². The maximum Gasteiger partial charge on any atom is 0.333 e. The quantitative estimate of drug-likeness (QED) is 0.372. The summed E-state index contributed by atoms with van der Waals surface area (Å²) in [7, 11) is 1.39. The number of esters is 1. The fourth-order valence-electron chi connectivity index (χ4n) is 0.965. The maximum atomic E-state index is 11.1. The summed E-state index contributed by atoms with van der Waals surface area (Å²) in [5.74, 6) is -1.23. The molecule has 0 spiro atoms. The smallest absolute Gasteiger partial charge is 0.333 e. The van der Waals surface area contributed by atoms with Gasteiger partial charge in [-0.25, -0.2) is 9.59 Å². The Morgan fingerprint density at radius 2 is 2.21 bits per heavy atom. The molecule has 1 N–H and O–H groups in total. The van der Waals surface area contributed by atoms with Crippen LogP contribution in [0.5, 0.6) is 0 Å². The summed E-state index contributed by atoms with van der Waals surface area (Å²) in [5, 5.41) is 2.04. The molecule has 0 aromatic carbocycles. The molecule has 1 aliphatic heterocycles. The second-order valence-corrected chi connectivity index (χ2v) is 2.60. The van der Waals surface area contributed by atoms with Crippen LogP contribution in [0.1, 0.15) is 6.92 Å². The predicted octanol–water partition coefficient (Wildman–Crippen LogP) is -0.385. The second kappa shape index (κ2) is 3.91. The van der Waals surface area contributed by atoms with Gasteiger partial charge in [0.2, 0.25) is 0 Å². The SMILES string of the molecule is CCOC(=O)/C=C1\C(=O)NC(=O)N1C. The molecule has 0 aliphatic carbocycles. The number of carbonyl (C=O) groups is 3. The van der Waals surface area contributed by atoms with E-state index in [1.54, 1.807) is 6.92 Å². The van der Waals surface area contributed by atoms with E-state index < -0.39 is 17.9 Å². The third-order valence-electron chi connectivity index (χ3n) is 1.66. The highest BCUT2D eigenvalue weighted by Gasteiger charge is 2.30. The van der Waals surface area contributed by atoms with E-state index in [9.17, 15) is 14.4 Å². The Bertz CT molecular complexity index is 321. The lowest BCUT2D eigenvalue weighted by Crippen LogP contribution is -2.24. The van der Waals surface area contributed by atoms with Crippen LogP contribution in [0, 0.1) is 0 Å². The lowest BCUT2D eigenvalue weighted by Gasteiger charge is -2.05. The summed E-state index contributed by atoms with van der Waals surface area (Å²) in [5.41, 5.74) is -0.00606. The van der Waals surface area contributed by atoms with Crippen molar-refractivity contribution < 1.29 is 19.1 Å². The topological polar surface area (TPSA) is 75.7 Å². The average Bonchev–Trinajstić information content (AvgIpc) is 2.33. The lowest BCUT2D eigenvalue weighted by atomic mass is 10.4. The van der Waals surface area contributed by atoms with Gasteiger partial charge in [0.25, 0.3) is 5.91 Å². The molecule has 1 rings (SSSR count). The van der Waals surface area contributed by atoms with E-state index in [4.69, 9.17) is 0 Å². The van der Waals surface area contributed by atoms with E-state index in [-0.39, 0.29) is 12.3 Å². The number of hydrogen-bond acceptors (Lipinski definition) is 4. The Kier molecular flexibility index (Phi) is 2.85. The average molecular weight is 198 g/mol. The number of hydrogen-bond donors (Lipinski definition) is 1. The number of imide groups is 1. The molecule has 0 unspecified atom stereocenters. The third-order valence-corrected chi connectivity index (χ3v) is 1.66. The van der Waals surface area contributed by atoms with Gasteiger partial charge in [0.15, 0.2) is 0 Å². The Morgan fingerprint density at radius 3 is 2.64 bits per heavy atom. The van der Waals surface area contributed by atoms with E-state index in [0.717, 1.165) is 11.0 Å². The van der Waals surface area contributed by atoms with Gasteiger partial charge in [-0.15, -0.1) is 0 Å². The minimum atomic E-state index is -0.640. The molecule has 0 saturated carbocycles. The molecule has 0 aromatic rings. The monoisotopic (exact) mass is 198 g/mol. The van der Waals surface area contributed by atoms with Gasteiger partial charge in [-0.2, -0.15) is 0 Å². The van der Waals surface area contributed by atoms with Crippen molar-refractivity contribution in [2.75, 3.05) is 13.7 Å². The first-order valence-corrected chi connectivity index (χ1v) is 4.03. The highest BCUT2D eigenvalue weighted by Crippen LogP contribution is 2.09. The summed E-state index contributed by atoms with van der Waals surface area (Å²) >= 11 is 0. The Labute approximate surface area is 80.5 Å². The third kappa shape index (κ3) is 1.90. The predicted molar refractivity (Wildman–Crippen MR) is 46.0 cm³/mol. The molecule has 1 saturated heterocycles. The molecule has 0 bridgehead atoms. The molecular weight excluding hydrogens is 188 g/mol. The van der Waals surface area contributed by atoms with Crippen LogP contribution >= 0.6 is 0 Å². The minimum Gasteiger partial charge on any atom is -0.463 e. The molecule has 14 heavy (non-hydrogen) atoms. The summed E-state index contributed by atoms with van der Waals surface area (Å²) in [6.07, 6.45) is 0.990. The van der Waals surface area contributed by atoms with Gasteiger partial charge < -0.3 is 4.74 Å². The van der Waals surface area contributed by atoms with Crippen molar-refractivity contribution >= 4 is 17.9 Å². The molecule has 3 amide bonds. The first-order chi connectivity index (χ1) is 6.56. The van der Waals surface area contributed by atoms with Crippen LogP contribution in [0.4, 0.5) is 4.79 Å². The van der Waals surface area contributed by atoms with E-state index in [0.29, 0.717) is 0 Å². The van der Waals surface area contributed by atoms with E-state index in [2.05, 4.69) is 4.74 Å². The van der Waals surface area contributed by atoms with Crippen LogP contribution in [0.3, 0.4) is 0 Å². The highest BCUT2D eigenvalue weighted by molar-refractivity contribution is 6.13.